The van der Waals surface area contributed by atoms with Crippen LogP contribution in [0.15, 0.2) is 52.0 Å². The molecule has 0 aliphatic rings. The molecule has 6 heteroatoms. The summed E-state index contributed by atoms with van der Waals surface area (Å²) in [5.74, 6) is -0.325. The van der Waals surface area contributed by atoms with Crippen molar-refractivity contribution >= 4 is 39.1 Å². The minimum absolute atomic E-state index is 0.0129. The maximum atomic E-state index is 12.0. The monoisotopic (exact) mass is 366 g/mol. The number of carbonyl (C=O) groups is 1. The predicted molar refractivity (Wildman–Crippen MR) is 86.9 cm³/mol. The highest BCUT2D eigenvalue weighted by atomic mass is 79.9. The van der Waals surface area contributed by atoms with Gasteiger partial charge >= 0.3 is 0 Å². The van der Waals surface area contributed by atoms with E-state index in [0.29, 0.717) is 26.3 Å². The van der Waals surface area contributed by atoms with Crippen molar-refractivity contribution in [2.75, 3.05) is 0 Å². The molecule has 1 amide bonds. The summed E-state index contributed by atoms with van der Waals surface area (Å²) in [7, 11) is 0. The number of carbonyl (C=O) groups excluding carboxylic acids is 1. The molecule has 2 N–H and O–H groups in total. The molecular formula is C15H12BrClN2O2. The third-order valence-corrected chi connectivity index (χ3v) is 3.72. The van der Waals surface area contributed by atoms with Crippen LogP contribution >= 0.6 is 27.5 Å². The summed E-state index contributed by atoms with van der Waals surface area (Å²) in [6.45, 7) is 1.68. The van der Waals surface area contributed by atoms with E-state index in [2.05, 4.69) is 26.5 Å². The molecule has 0 atom stereocenters. The van der Waals surface area contributed by atoms with Crippen molar-refractivity contribution < 1.29 is 9.90 Å². The summed E-state index contributed by atoms with van der Waals surface area (Å²) in [6, 6.07) is 11.8. The second-order valence-corrected chi connectivity index (χ2v) is 5.57. The topological polar surface area (TPSA) is 61.7 Å². The minimum Gasteiger partial charge on any atom is -0.507 e. The summed E-state index contributed by atoms with van der Waals surface area (Å²) >= 11 is 9.08. The molecule has 2 aromatic carbocycles. The van der Waals surface area contributed by atoms with E-state index in [-0.39, 0.29) is 11.7 Å². The number of rotatable bonds is 3. The number of nitrogens with zero attached hydrogens (tertiary/aromatic N) is 1. The summed E-state index contributed by atoms with van der Waals surface area (Å²) in [5.41, 5.74) is 3.92. The molecule has 108 valence electrons. The third kappa shape index (κ3) is 3.83. The van der Waals surface area contributed by atoms with E-state index in [1.807, 2.05) is 6.07 Å². The second-order valence-electron chi connectivity index (χ2n) is 4.28. The van der Waals surface area contributed by atoms with Gasteiger partial charge in [-0.1, -0.05) is 23.7 Å². The number of phenolic OH excluding ortho intramolecular Hbond substituents is 1. The Labute approximate surface area is 135 Å². The average molecular weight is 368 g/mol. The zero-order valence-corrected chi connectivity index (χ0v) is 13.4. The Bertz CT molecular complexity index is 717. The number of phenols is 1. The van der Waals surface area contributed by atoms with Crippen LogP contribution in [0.4, 0.5) is 0 Å². The lowest BCUT2D eigenvalue weighted by Crippen LogP contribution is -2.19. The predicted octanol–water partition coefficient (Wildman–Crippen LogP) is 3.96. The van der Waals surface area contributed by atoms with E-state index in [1.54, 1.807) is 37.3 Å². The first-order valence-corrected chi connectivity index (χ1v) is 7.24. The van der Waals surface area contributed by atoms with Gasteiger partial charge in [0.2, 0.25) is 0 Å². The van der Waals surface area contributed by atoms with Gasteiger partial charge in [-0.2, -0.15) is 5.10 Å². The van der Waals surface area contributed by atoms with Crippen molar-refractivity contribution in [1.82, 2.24) is 5.43 Å². The SMILES string of the molecule is CC(=NNC(=O)c1ccccc1Br)c1ccc(Cl)cc1O. The Morgan fingerprint density at radius 1 is 1.24 bits per heavy atom. The summed E-state index contributed by atoms with van der Waals surface area (Å²) in [4.78, 5) is 12.0. The van der Waals surface area contributed by atoms with Gasteiger partial charge in [-0.25, -0.2) is 5.43 Å². The van der Waals surface area contributed by atoms with Crippen LogP contribution in [0, 0.1) is 0 Å². The number of nitrogens with one attached hydrogen (secondary N) is 1. The third-order valence-electron chi connectivity index (χ3n) is 2.79. The quantitative estimate of drug-likeness (QED) is 0.637. The Morgan fingerprint density at radius 2 is 1.95 bits per heavy atom. The van der Waals surface area contributed by atoms with Crippen molar-refractivity contribution in [1.29, 1.82) is 0 Å². The van der Waals surface area contributed by atoms with Gasteiger partial charge in [0.05, 0.1) is 11.3 Å². The molecule has 0 aromatic heterocycles. The number of amides is 1. The van der Waals surface area contributed by atoms with E-state index in [1.165, 1.54) is 6.07 Å². The number of halogens is 2. The Balaban J connectivity index is 2.17. The van der Waals surface area contributed by atoms with Gasteiger partial charge in [0.1, 0.15) is 5.75 Å². The maximum Gasteiger partial charge on any atom is 0.272 e. The first-order valence-electron chi connectivity index (χ1n) is 6.07. The molecule has 0 radical (unpaired) electrons. The van der Waals surface area contributed by atoms with E-state index in [4.69, 9.17) is 11.6 Å². The molecule has 0 fully saturated rings. The van der Waals surface area contributed by atoms with Crippen LogP contribution < -0.4 is 5.43 Å². The van der Waals surface area contributed by atoms with Gasteiger partial charge in [-0.3, -0.25) is 4.79 Å². The summed E-state index contributed by atoms with van der Waals surface area (Å²) < 4.78 is 0.685. The largest absolute Gasteiger partial charge is 0.507 e. The highest BCUT2D eigenvalue weighted by molar-refractivity contribution is 9.10. The molecule has 0 bridgehead atoms. The number of hydrazone groups is 1. The van der Waals surface area contributed by atoms with E-state index < -0.39 is 0 Å². The lowest BCUT2D eigenvalue weighted by Gasteiger charge is -2.06. The van der Waals surface area contributed by atoms with Gasteiger partial charge in [0.25, 0.3) is 5.91 Å². The van der Waals surface area contributed by atoms with Crippen molar-refractivity contribution in [2.45, 2.75) is 6.92 Å². The van der Waals surface area contributed by atoms with Gasteiger partial charge < -0.3 is 5.11 Å². The maximum absolute atomic E-state index is 12.0. The number of hydrogen-bond donors (Lipinski definition) is 2. The van der Waals surface area contributed by atoms with Crippen molar-refractivity contribution in [3.05, 3.63) is 63.1 Å². The molecule has 0 spiro atoms. The van der Waals surface area contributed by atoms with E-state index >= 15 is 0 Å². The lowest BCUT2D eigenvalue weighted by atomic mass is 10.1. The number of benzene rings is 2. The van der Waals surface area contributed by atoms with Crippen LogP contribution in [0.3, 0.4) is 0 Å². The summed E-state index contributed by atoms with van der Waals surface area (Å²) in [5, 5.41) is 14.2. The van der Waals surface area contributed by atoms with Crippen molar-refractivity contribution in [3.63, 3.8) is 0 Å². The molecule has 21 heavy (non-hydrogen) atoms. The average Bonchev–Trinajstić information content (AvgIpc) is 2.45. The standard InChI is InChI=1S/C15H12BrClN2O2/c1-9(11-7-6-10(17)8-14(11)20)18-19-15(21)12-4-2-3-5-13(12)16/h2-8,20H,1H3,(H,19,21). The van der Waals surface area contributed by atoms with Crippen LogP contribution in [0.1, 0.15) is 22.8 Å². The summed E-state index contributed by atoms with van der Waals surface area (Å²) in [6.07, 6.45) is 0. The van der Waals surface area contributed by atoms with E-state index in [9.17, 15) is 9.90 Å². The molecule has 0 unspecified atom stereocenters. The molecule has 2 aromatic rings. The fourth-order valence-corrected chi connectivity index (χ4v) is 2.34. The van der Waals surface area contributed by atoms with Crippen molar-refractivity contribution in [2.24, 2.45) is 5.10 Å². The van der Waals surface area contributed by atoms with Crippen LogP contribution in [-0.4, -0.2) is 16.7 Å². The van der Waals surface area contributed by atoms with Crippen LogP contribution in [-0.2, 0) is 0 Å². The molecular weight excluding hydrogens is 356 g/mol. The zero-order chi connectivity index (χ0) is 15.4. The lowest BCUT2D eigenvalue weighted by molar-refractivity contribution is 0.0954. The molecule has 0 saturated carbocycles. The molecule has 4 nitrogen and oxygen atoms in total. The molecule has 0 heterocycles. The molecule has 2 rings (SSSR count). The van der Waals surface area contributed by atoms with Crippen molar-refractivity contribution in [3.8, 4) is 5.75 Å². The van der Waals surface area contributed by atoms with Crippen LogP contribution in [0.25, 0.3) is 0 Å². The highest BCUT2D eigenvalue weighted by Crippen LogP contribution is 2.22. The van der Waals surface area contributed by atoms with Crippen LogP contribution in [0.5, 0.6) is 5.75 Å². The first kappa shape index (κ1) is 15.5. The van der Waals surface area contributed by atoms with Gasteiger partial charge in [0, 0.05) is 15.1 Å². The Morgan fingerprint density at radius 3 is 2.62 bits per heavy atom. The normalized spacial score (nSPS) is 11.3. The molecule has 0 saturated heterocycles. The van der Waals surface area contributed by atoms with Gasteiger partial charge in [-0.15, -0.1) is 0 Å². The number of hydrogen-bond acceptors (Lipinski definition) is 3. The fraction of sp³-hybridized carbons (Fsp3) is 0.0667. The Hall–Kier alpha value is -1.85. The first-order chi connectivity index (χ1) is 9.99. The van der Waals surface area contributed by atoms with Crippen LogP contribution in [0.2, 0.25) is 5.02 Å². The Kier molecular flexibility index (Phi) is 4.98. The minimum atomic E-state index is -0.338. The number of aromatic hydroxyl groups is 1. The zero-order valence-electron chi connectivity index (χ0n) is 11.1. The second kappa shape index (κ2) is 6.74. The van der Waals surface area contributed by atoms with E-state index in [0.717, 1.165) is 0 Å². The smallest absolute Gasteiger partial charge is 0.272 e. The fourth-order valence-electron chi connectivity index (χ4n) is 1.71. The van der Waals surface area contributed by atoms with Gasteiger partial charge in [-0.05, 0) is 53.2 Å². The van der Waals surface area contributed by atoms with Gasteiger partial charge in [0.15, 0.2) is 0 Å². The highest BCUT2D eigenvalue weighted by Gasteiger charge is 2.09. The molecule has 0 aliphatic carbocycles. The molecule has 0 aliphatic heterocycles.